The monoisotopic (exact) mass is 253 g/mol. The molecular weight excluding hydrogens is 226 g/mol. The molecule has 0 bridgehead atoms. The summed E-state index contributed by atoms with van der Waals surface area (Å²) in [4.78, 5) is 16.5. The fraction of sp³-hybridized carbons (Fsp3) is 0.929. The first-order chi connectivity index (χ1) is 8.56. The third kappa shape index (κ3) is 3.95. The fourth-order valence-corrected chi connectivity index (χ4v) is 2.45. The van der Waals surface area contributed by atoms with Gasteiger partial charge in [0.1, 0.15) is 0 Å². The number of hydrogen-bond acceptors (Lipinski definition) is 3. The molecule has 1 heterocycles. The highest BCUT2D eigenvalue weighted by atomic mass is 16.2. The number of nitrogens with one attached hydrogen (secondary N) is 1. The van der Waals surface area contributed by atoms with Crippen LogP contribution >= 0.6 is 0 Å². The lowest BCUT2D eigenvalue weighted by Gasteiger charge is -2.39. The Morgan fingerprint density at radius 3 is 2.28 bits per heavy atom. The summed E-state index contributed by atoms with van der Waals surface area (Å²) >= 11 is 0. The van der Waals surface area contributed by atoms with E-state index in [1.165, 1.54) is 12.8 Å². The van der Waals surface area contributed by atoms with E-state index in [1.807, 2.05) is 0 Å². The first-order valence-electron chi connectivity index (χ1n) is 7.32. The molecule has 4 heteroatoms. The lowest BCUT2D eigenvalue weighted by molar-refractivity contribution is -0.122. The zero-order valence-electron chi connectivity index (χ0n) is 12.0. The summed E-state index contributed by atoms with van der Waals surface area (Å²) in [6.45, 7) is 11.7. The second-order valence-electron chi connectivity index (χ2n) is 6.14. The molecule has 1 amide bonds. The van der Waals surface area contributed by atoms with Gasteiger partial charge in [0.2, 0.25) is 5.91 Å². The average Bonchev–Trinajstić information content (AvgIpc) is 3.12. The molecule has 1 atom stereocenters. The highest BCUT2D eigenvalue weighted by Crippen LogP contribution is 2.18. The topological polar surface area (TPSA) is 35.6 Å². The van der Waals surface area contributed by atoms with Gasteiger partial charge in [-0.25, -0.2) is 0 Å². The quantitative estimate of drug-likeness (QED) is 0.791. The first-order valence-corrected chi connectivity index (χ1v) is 7.32. The average molecular weight is 253 g/mol. The van der Waals surface area contributed by atoms with E-state index >= 15 is 0 Å². The molecule has 1 saturated heterocycles. The van der Waals surface area contributed by atoms with Crippen molar-refractivity contribution in [2.45, 2.75) is 45.7 Å². The highest BCUT2D eigenvalue weighted by molar-refractivity contribution is 5.78. The summed E-state index contributed by atoms with van der Waals surface area (Å²) in [6.07, 6.45) is 2.34. The predicted molar refractivity (Wildman–Crippen MR) is 73.5 cm³/mol. The number of carbonyl (C=O) groups is 1. The Morgan fingerprint density at radius 2 is 1.78 bits per heavy atom. The van der Waals surface area contributed by atoms with Crippen molar-refractivity contribution >= 4 is 5.91 Å². The zero-order valence-corrected chi connectivity index (χ0v) is 12.0. The van der Waals surface area contributed by atoms with Crippen molar-refractivity contribution in [3.8, 4) is 0 Å². The van der Waals surface area contributed by atoms with Gasteiger partial charge in [-0.05, 0) is 25.7 Å². The molecule has 0 aromatic carbocycles. The molecule has 2 aliphatic rings. The van der Waals surface area contributed by atoms with Crippen molar-refractivity contribution in [2.75, 3.05) is 32.7 Å². The number of amides is 1. The molecule has 2 fully saturated rings. The molecule has 1 unspecified atom stereocenters. The maximum atomic E-state index is 11.7. The van der Waals surface area contributed by atoms with E-state index in [1.54, 1.807) is 0 Å². The van der Waals surface area contributed by atoms with E-state index in [9.17, 15) is 4.79 Å². The molecule has 1 N–H and O–H groups in total. The van der Waals surface area contributed by atoms with E-state index in [0.717, 1.165) is 26.2 Å². The van der Waals surface area contributed by atoms with Crippen LogP contribution in [0.4, 0.5) is 0 Å². The molecule has 2 rings (SSSR count). The number of hydrogen-bond donors (Lipinski definition) is 1. The Hall–Kier alpha value is -0.610. The van der Waals surface area contributed by atoms with Gasteiger partial charge < -0.3 is 5.32 Å². The van der Waals surface area contributed by atoms with Gasteiger partial charge in [0, 0.05) is 38.3 Å². The van der Waals surface area contributed by atoms with Gasteiger partial charge in [0.05, 0.1) is 6.54 Å². The van der Waals surface area contributed by atoms with Crippen molar-refractivity contribution in [1.82, 2.24) is 15.1 Å². The predicted octanol–water partition coefficient (Wildman–Crippen LogP) is 0.927. The molecule has 1 aliphatic heterocycles. The number of piperazine rings is 1. The molecule has 104 valence electrons. The smallest absolute Gasteiger partial charge is 0.234 e. The van der Waals surface area contributed by atoms with Crippen LogP contribution in [-0.4, -0.2) is 60.5 Å². The molecule has 4 nitrogen and oxygen atoms in total. The number of rotatable bonds is 5. The fourth-order valence-electron chi connectivity index (χ4n) is 2.45. The van der Waals surface area contributed by atoms with E-state index in [2.05, 4.69) is 35.9 Å². The molecular formula is C14H27N3O. The molecule has 18 heavy (non-hydrogen) atoms. The summed E-state index contributed by atoms with van der Waals surface area (Å²) < 4.78 is 0. The third-order valence-corrected chi connectivity index (χ3v) is 4.26. The normalized spacial score (nSPS) is 24.2. The van der Waals surface area contributed by atoms with E-state index in [4.69, 9.17) is 0 Å². The SMILES string of the molecule is CC(C)C(C)N1CCN(CC(=O)NC2CC2)CC1. The van der Waals surface area contributed by atoms with Crippen molar-refractivity contribution in [3.63, 3.8) is 0 Å². The van der Waals surface area contributed by atoms with Gasteiger partial charge in [-0.1, -0.05) is 13.8 Å². The van der Waals surface area contributed by atoms with Crippen LogP contribution in [-0.2, 0) is 4.79 Å². The van der Waals surface area contributed by atoms with Crippen LogP contribution in [0.15, 0.2) is 0 Å². The third-order valence-electron chi connectivity index (χ3n) is 4.26. The van der Waals surface area contributed by atoms with Gasteiger partial charge in [-0.2, -0.15) is 0 Å². The highest BCUT2D eigenvalue weighted by Gasteiger charge is 2.26. The maximum Gasteiger partial charge on any atom is 0.234 e. The maximum absolute atomic E-state index is 11.7. The van der Waals surface area contributed by atoms with Crippen LogP contribution in [0.3, 0.4) is 0 Å². The Kier molecular flexibility index (Phi) is 4.62. The Morgan fingerprint density at radius 1 is 1.17 bits per heavy atom. The minimum Gasteiger partial charge on any atom is -0.352 e. The Labute approximate surface area is 111 Å². The minimum absolute atomic E-state index is 0.211. The Balaban J connectivity index is 1.67. The van der Waals surface area contributed by atoms with Crippen LogP contribution in [0.5, 0.6) is 0 Å². The standard InChI is InChI=1S/C14H27N3O/c1-11(2)12(3)17-8-6-16(7-9-17)10-14(18)15-13-4-5-13/h11-13H,4-10H2,1-3H3,(H,15,18). The first kappa shape index (κ1) is 13.8. The van der Waals surface area contributed by atoms with Crippen molar-refractivity contribution < 1.29 is 4.79 Å². The Bertz CT molecular complexity index is 281. The van der Waals surface area contributed by atoms with Gasteiger partial charge >= 0.3 is 0 Å². The zero-order chi connectivity index (χ0) is 13.1. The van der Waals surface area contributed by atoms with Crippen LogP contribution in [0.2, 0.25) is 0 Å². The van der Waals surface area contributed by atoms with Gasteiger partial charge in [-0.15, -0.1) is 0 Å². The lowest BCUT2D eigenvalue weighted by atomic mass is 10.0. The summed E-state index contributed by atoms with van der Waals surface area (Å²) in [5, 5.41) is 3.06. The number of carbonyl (C=O) groups excluding carboxylic acids is 1. The van der Waals surface area contributed by atoms with Gasteiger partial charge in [-0.3, -0.25) is 14.6 Å². The van der Waals surface area contributed by atoms with Crippen molar-refractivity contribution in [2.24, 2.45) is 5.92 Å². The minimum atomic E-state index is 0.211. The van der Waals surface area contributed by atoms with E-state index in [-0.39, 0.29) is 5.91 Å². The second kappa shape index (κ2) is 6.02. The van der Waals surface area contributed by atoms with Crippen LogP contribution in [0.1, 0.15) is 33.6 Å². The largest absolute Gasteiger partial charge is 0.352 e. The van der Waals surface area contributed by atoms with E-state index in [0.29, 0.717) is 24.5 Å². The van der Waals surface area contributed by atoms with Crippen LogP contribution in [0, 0.1) is 5.92 Å². The van der Waals surface area contributed by atoms with Crippen molar-refractivity contribution in [3.05, 3.63) is 0 Å². The molecule has 0 aromatic heterocycles. The van der Waals surface area contributed by atoms with Crippen LogP contribution < -0.4 is 5.32 Å². The molecule has 0 radical (unpaired) electrons. The summed E-state index contributed by atoms with van der Waals surface area (Å²) in [7, 11) is 0. The molecule has 1 aliphatic carbocycles. The summed E-state index contributed by atoms with van der Waals surface area (Å²) in [5.74, 6) is 0.914. The van der Waals surface area contributed by atoms with Gasteiger partial charge in [0.15, 0.2) is 0 Å². The molecule has 1 saturated carbocycles. The molecule has 0 aromatic rings. The van der Waals surface area contributed by atoms with Crippen LogP contribution in [0.25, 0.3) is 0 Å². The summed E-state index contributed by atoms with van der Waals surface area (Å²) in [6, 6.07) is 1.13. The lowest BCUT2D eigenvalue weighted by Crippen LogP contribution is -2.52. The van der Waals surface area contributed by atoms with Crippen molar-refractivity contribution in [1.29, 1.82) is 0 Å². The second-order valence-corrected chi connectivity index (χ2v) is 6.14. The number of nitrogens with zero attached hydrogens (tertiary/aromatic N) is 2. The molecule has 0 spiro atoms. The summed E-state index contributed by atoms with van der Waals surface area (Å²) in [5.41, 5.74) is 0. The van der Waals surface area contributed by atoms with E-state index < -0.39 is 0 Å². The van der Waals surface area contributed by atoms with Gasteiger partial charge in [0.25, 0.3) is 0 Å².